The van der Waals surface area contributed by atoms with Gasteiger partial charge in [-0.1, -0.05) is 18.2 Å². The number of likely N-dealkylation sites (tertiary alicyclic amines) is 1. The Labute approximate surface area is 130 Å². The third kappa shape index (κ3) is 4.30. The number of nitrogens with zero attached hydrogens (tertiary/aromatic N) is 2. The van der Waals surface area contributed by atoms with Crippen LogP contribution >= 0.6 is 0 Å². The van der Waals surface area contributed by atoms with Crippen molar-refractivity contribution in [2.45, 2.75) is 24.7 Å². The highest BCUT2D eigenvalue weighted by Gasteiger charge is 2.26. The number of sulfonamides is 1. The van der Waals surface area contributed by atoms with Gasteiger partial charge in [0.1, 0.15) is 6.34 Å². The Morgan fingerprint density at radius 3 is 2.82 bits per heavy atom. The van der Waals surface area contributed by atoms with Crippen molar-refractivity contribution in [3.63, 3.8) is 0 Å². The molecule has 1 aliphatic rings. The van der Waals surface area contributed by atoms with Crippen LogP contribution in [-0.4, -0.2) is 45.3 Å². The van der Waals surface area contributed by atoms with Crippen LogP contribution in [0.2, 0.25) is 0 Å². The van der Waals surface area contributed by atoms with Gasteiger partial charge in [-0.05, 0) is 31.9 Å². The zero-order chi connectivity index (χ0) is 16.0. The molecule has 1 aliphatic heterocycles. The number of hydrogen-bond donors (Lipinski definition) is 0. The quantitative estimate of drug-likeness (QED) is 0.468. The highest BCUT2D eigenvalue weighted by molar-refractivity contribution is 7.90. The predicted molar refractivity (Wildman–Crippen MR) is 83.0 cm³/mol. The van der Waals surface area contributed by atoms with Crippen LogP contribution in [0.3, 0.4) is 0 Å². The summed E-state index contributed by atoms with van der Waals surface area (Å²) in [5, 5.41) is 0. The van der Waals surface area contributed by atoms with Gasteiger partial charge in [0.05, 0.1) is 17.4 Å². The molecule has 6 nitrogen and oxygen atoms in total. The molecule has 0 aromatic heterocycles. The van der Waals surface area contributed by atoms with Gasteiger partial charge in [0, 0.05) is 13.1 Å². The van der Waals surface area contributed by atoms with Crippen LogP contribution < -0.4 is 0 Å². The highest BCUT2D eigenvalue weighted by Crippen LogP contribution is 2.17. The van der Waals surface area contributed by atoms with Gasteiger partial charge >= 0.3 is 5.97 Å². The summed E-state index contributed by atoms with van der Waals surface area (Å²) in [7, 11) is -3.70. The van der Waals surface area contributed by atoms with E-state index in [-0.39, 0.29) is 16.8 Å². The molecule has 7 heteroatoms. The standard InChI is InChI=1S/C15H20N2O4S/c1-2-21-15(18)13-7-6-10-17(11-13)12-16-22(19,20)14-8-4-3-5-9-14/h3-5,8-9,12-13H,2,6-7,10-11H2,1H3/b16-12+/t13-/m1/s1. The molecule has 1 atom stereocenters. The van der Waals surface area contributed by atoms with Crippen molar-refractivity contribution >= 4 is 22.3 Å². The molecule has 0 saturated carbocycles. The van der Waals surface area contributed by atoms with Crippen LogP contribution in [0.1, 0.15) is 19.8 Å². The Kier molecular flexibility index (Phi) is 5.54. The molecule has 1 aromatic rings. The molecule has 0 radical (unpaired) electrons. The predicted octanol–water partition coefficient (Wildman–Crippen LogP) is 1.68. The molecule has 0 unspecified atom stereocenters. The molecule has 0 spiro atoms. The van der Waals surface area contributed by atoms with Crippen molar-refractivity contribution in [1.82, 2.24) is 4.90 Å². The van der Waals surface area contributed by atoms with Crippen LogP contribution in [0.5, 0.6) is 0 Å². The van der Waals surface area contributed by atoms with Crippen molar-refractivity contribution in [2.24, 2.45) is 10.3 Å². The van der Waals surface area contributed by atoms with Crippen molar-refractivity contribution in [1.29, 1.82) is 0 Å². The molecule has 1 fully saturated rings. The smallest absolute Gasteiger partial charge is 0.310 e. The third-order valence-corrected chi connectivity index (χ3v) is 4.70. The van der Waals surface area contributed by atoms with E-state index >= 15 is 0 Å². The Hall–Kier alpha value is -1.89. The average Bonchev–Trinajstić information content (AvgIpc) is 2.54. The first-order chi connectivity index (χ1) is 10.5. The number of carbonyl (C=O) groups is 1. The van der Waals surface area contributed by atoms with E-state index in [1.807, 2.05) is 0 Å². The minimum absolute atomic E-state index is 0.158. The normalized spacial score (nSPS) is 19.3. The van der Waals surface area contributed by atoms with Crippen LogP contribution in [0, 0.1) is 5.92 Å². The summed E-state index contributed by atoms with van der Waals surface area (Å²) in [5.74, 6) is -0.453. The van der Waals surface area contributed by atoms with E-state index in [4.69, 9.17) is 4.74 Å². The minimum atomic E-state index is -3.70. The van der Waals surface area contributed by atoms with Gasteiger partial charge in [0.25, 0.3) is 10.0 Å². The molecule has 2 rings (SSSR count). The second kappa shape index (κ2) is 7.40. The first-order valence-electron chi connectivity index (χ1n) is 7.29. The van der Waals surface area contributed by atoms with Crippen LogP contribution in [0.15, 0.2) is 39.6 Å². The fourth-order valence-corrected chi connectivity index (χ4v) is 3.23. The number of carbonyl (C=O) groups excluding carboxylic acids is 1. The van der Waals surface area contributed by atoms with Gasteiger partial charge in [-0.25, -0.2) is 0 Å². The molecule has 1 saturated heterocycles. The zero-order valence-electron chi connectivity index (χ0n) is 12.5. The maximum atomic E-state index is 12.1. The summed E-state index contributed by atoms with van der Waals surface area (Å²) < 4.78 is 32.9. The van der Waals surface area contributed by atoms with Crippen LogP contribution in [0.25, 0.3) is 0 Å². The summed E-state index contributed by atoms with van der Waals surface area (Å²) in [6.45, 7) is 3.24. The summed E-state index contributed by atoms with van der Waals surface area (Å²) in [6.07, 6.45) is 2.88. The van der Waals surface area contributed by atoms with E-state index in [0.717, 1.165) is 12.8 Å². The number of hydrogen-bond acceptors (Lipinski definition) is 4. The topological polar surface area (TPSA) is 76.0 Å². The molecular formula is C15H20N2O4S. The largest absolute Gasteiger partial charge is 0.466 e. The van der Waals surface area contributed by atoms with Gasteiger partial charge in [0.15, 0.2) is 0 Å². The molecule has 0 bridgehead atoms. The molecule has 22 heavy (non-hydrogen) atoms. The van der Waals surface area contributed by atoms with Crippen LogP contribution in [0.4, 0.5) is 0 Å². The van der Waals surface area contributed by atoms with Gasteiger partial charge < -0.3 is 9.64 Å². The molecular weight excluding hydrogens is 304 g/mol. The lowest BCUT2D eigenvalue weighted by molar-refractivity contribution is -0.149. The van der Waals surface area contributed by atoms with Crippen molar-refractivity contribution < 1.29 is 17.9 Å². The number of esters is 1. The summed E-state index contributed by atoms with van der Waals surface area (Å²) in [5.41, 5.74) is 0. The van der Waals surface area contributed by atoms with Crippen LogP contribution in [-0.2, 0) is 19.6 Å². The van der Waals surface area contributed by atoms with Gasteiger partial charge in [0.2, 0.25) is 0 Å². The summed E-state index contributed by atoms with van der Waals surface area (Å²) >= 11 is 0. The fourth-order valence-electron chi connectivity index (χ4n) is 2.35. The second-order valence-electron chi connectivity index (χ2n) is 5.10. The summed E-state index contributed by atoms with van der Waals surface area (Å²) in [4.78, 5) is 13.7. The van der Waals surface area contributed by atoms with E-state index in [0.29, 0.717) is 19.7 Å². The van der Waals surface area contributed by atoms with Gasteiger partial charge in [-0.3, -0.25) is 4.79 Å². The molecule has 1 heterocycles. The van der Waals surface area contributed by atoms with E-state index < -0.39 is 10.0 Å². The number of ether oxygens (including phenoxy) is 1. The molecule has 0 N–H and O–H groups in total. The zero-order valence-corrected chi connectivity index (χ0v) is 13.3. The van der Waals surface area contributed by atoms with Gasteiger partial charge in [-0.15, -0.1) is 4.40 Å². The Morgan fingerprint density at radius 2 is 2.14 bits per heavy atom. The molecule has 0 aliphatic carbocycles. The average molecular weight is 324 g/mol. The Balaban J connectivity index is 2.02. The van der Waals surface area contributed by atoms with E-state index in [1.165, 1.54) is 18.5 Å². The lowest BCUT2D eigenvalue weighted by Crippen LogP contribution is -2.38. The summed E-state index contributed by atoms with van der Waals surface area (Å²) in [6, 6.07) is 8.06. The Bertz CT molecular complexity index is 628. The third-order valence-electron chi connectivity index (χ3n) is 3.46. The first kappa shape index (κ1) is 16.5. The van der Waals surface area contributed by atoms with E-state index in [9.17, 15) is 13.2 Å². The maximum absolute atomic E-state index is 12.1. The Morgan fingerprint density at radius 1 is 1.41 bits per heavy atom. The van der Waals surface area contributed by atoms with Crippen molar-refractivity contribution in [2.75, 3.05) is 19.7 Å². The number of piperidine rings is 1. The number of benzene rings is 1. The number of rotatable bonds is 5. The monoisotopic (exact) mass is 324 g/mol. The van der Waals surface area contributed by atoms with E-state index in [2.05, 4.69) is 4.40 Å². The lowest BCUT2D eigenvalue weighted by Gasteiger charge is -2.29. The molecule has 0 amide bonds. The lowest BCUT2D eigenvalue weighted by atomic mass is 9.99. The van der Waals surface area contributed by atoms with Gasteiger partial charge in [-0.2, -0.15) is 8.42 Å². The molecule has 120 valence electrons. The highest BCUT2D eigenvalue weighted by atomic mass is 32.2. The van der Waals surface area contributed by atoms with Crippen molar-refractivity contribution in [3.8, 4) is 0 Å². The maximum Gasteiger partial charge on any atom is 0.310 e. The SMILES string of the molecule is CCOC(=O)[C@@H]1CCCN(/C=N/S(=O)(=O)c2ccccc2)C1. The second-order valence-corrected chi connectivity index (χ2v) is 6.73. The van der Waals surface area contributed by atoms with E-state index in [1.54, 1.807) is 30.0 Å². The minimum Gasteiger partial charge on any atom is -0.466 e. The first-order valence-corrected chi connectivity index (χ1v) is 8.73. The van der Waals surface area contributed by atoms with Crippen molar-refractivity contribution in [3.05, 3.63) is 30.3 Å². The molecule has 1 aromatic carbocycles. The fraction of sp³-hybridized carbons (Fsp3) is 0.467.